The number of hydrogen-bond donors (Lipinski definition) is 1. The number of nitrogens with two attached hydrogens (primary N) is 1. The average Bonchev–Trinajstić information content (AvgIpc) is 3.50. The Morgan fingerprint density at radius 2 is 2.03 bits per heavy atom. The van der Waals surface area contributed by atoms with Crippen LogP contribution in [-0.2, 0) is 23.3 Å². The van der Waals surface area contributed by atoms with E-state index in [1.165, 1.54) is 18.4 Å². The van der Waals surface area contributed by atoms with Gasteiger partial charge in [-0.05, 0) is 40.8 Å². The number of amides is 1. The third-order valence-corrected chi connectivity index (χ3v) is 5.59. The Labute approximate surface area is 192 Å². The maximum absolute atomic E-state index is 13.5. The quantitative estimate of drug-likeness (QED) is 0.366. The van der Waals surface area contributed by atoms with E-state index >= 15 is 0 Å². The lowest BCUT2D eigenvalue weighted by Gasteiger charge is -2.14. The van der Waals surface area contributed by atoms with Gasteiger partial charge in [-0.1, -0.05) is 23.4 Å². The first-order chi connectivity index (χ1) is 15.7. The number of aromatic nitrogens is 7. The van der Waals surface area contributed by atoms with E-state index in [1.807, 2.05) is 0 Å². The zero-order valence-corrected chi connectivity index (χ0v) is 18.1. The van der Waals surface area contributed by atoms with Crippen molar-refractivity contribution in [3.63, 3.8) is 0 Å². The molecule has 0 bridgehead atoms. The number of carbonyl (C=O) groups excluding carboxylic acids is 1. The van der Waals surface area contributed by atoms with E-state index in [9.17, 15) is 18.0 Å². The normalized spacial score (nSPS) is 11.8. The van der Waals surface area contributed by atoms with Gasteiger partial charge in [-0.2, -0.15) is 17.9 Å². The molecule has 2 N–H and O–H groups in total. The van der Waals surface area contributed by atoms with Crippen LogP contribution in [0.3, 0.4) is 0 Å². The molecule has 3 aromatic heterocycles. The second-order valence-corrected chi connectivity index (χ2v) is 7.99. The Bertz CT molecular complexity index is 1270. The number of tetrazole rings is 1. The summed E-state index contributed by atoms with van der Waals surface area (Å²) in [5, 5.41) is 19.6. The van der Waals surface area contributed by atoms with Gasteiger partial charge in [-0.3, -0.25) is 9.36 Å². The molecule has 4 rings (SSSR count). The summed E-state index contributed by atoms with van der Waals surface area (Å²) < 4.78 is 48.6. The fourth-order valence-corrected chi connectivity index (χ4v) is 3.98. The second kappa shape index (κ2) is 9.23. The van der Waals surface area contributed by atoms with Gasteiger partial charge in [0.1, 0.15) is 0 Å². The van der Waals surface area contributed by atoms with Gasteiger partial charge < -0.3 is 10.2 Å². The maximum Gasteiger partial charge on any atom is 0.418 e. The van der Waals surface area contributed by atoms with Crippen molar-refractivity contribution < 1.29 is 22.4 Å². The van der Waals surface area contributed by atoms with E-state index in [4.69, 9.17) is 21.8 Å². The van der Waals surface area contributed by atoms with Crippen LogP contribution in [0.4, 0.5) is 13.2 Å². The first-order valence-corrected chi connectivity index (χ1v) is 10.6. The molecule has 0 aliphatic heterocycles. The van der Waals surface area contributed by atoms with Gasteiger partial charge in [-0.25, -0.2) is 0 Å². The molecule has 0 saturated heterocycles. The number of carbonyl (C=O) groups is 1. The number of nitrogens with zero attached hydrogens (tertiary/aromatic N) is 7. The second-order valence-electron chi connectivity index (χ2n) is 6.61. The number of benzene rings is 1. The minimum absolute atomic E-state index is 0.0246. The van der Waals surface area contributed by atoms with Crippen molar-refractivity contribution in [3.8, 4) is 17.3 Å². The first kappa shape index (κ1) is 22.8. The van der Waals surface area contributed by atoms with Crippen LogP contribution in [-0.4, -0.2) is 40.9 Å². The standard InChI is InChI=1S/C18H14ClF3N8O2S/c19-10-3-4-12(11(8-10)18(20,21)22)30-15(24-27-28-30)9-33-17-26-25-16(13-2-1-7-32-13)29(17)6-5-14(23)31/h1-4,7-8H,5-6,9H2,(H2,23,31). The highest BCUT2D eigenvalue weighted by Crippen LogP contribution is 2.36. The van der Waals surface area contributed by atoms with Crippen molar-refractivity contribution in [1.82, 2.24) is 35.0 Å². The first-order valence-electron chi connectivity index (χ1n) is 9.26. The summed E-state index contributed by atoms with van der Waals surface area (Å²) in [6, 6.07) is 6.68. The van der Waals surface area contributed by atoms with Gasteiger partial charge in [0.25, 0.3) is 0 Å². The highest BCUT2D eigenvalue weighted by molar-refractivity contribution is 7.98. The Hall–Kier alpha value is -3.39. The van der Waals surface area contributed by atoms with E-state index in [2.05, 4.69) is 25.7 Å². The van der Waals surface area contributed by atoms with Gasteiger partial charge in [0.15, 0.2) is 22.6 Å². The summed E-state index contributed by atoms with van der Waals surface area (Å²) in [7, 11) is 0. The lowest BCUT2D eigenvalue weighted by atomic mass is 10.1. The van der Waals surface area contributed by atoms with Crippen molar-refractivity contribution in [2.45, 2.75) is 30.1 Å². The monoisotopic (exact) mass is 498 g/mol. The number of halogens is 4. The molecular formula is C18H14ClF3N8O2S. The number of thioether (sulfide) groups is 1. The zero-order valence-electron chi connectivity index (χ0n) is 16.5. The van der Waals surface area contributed by atoms with E-state index < -0.39 is 17.6 Å². The van der Waals surface area contributed by atoms with Crippen LogP contribution in [0, 0.1) is 0 Å². The number of furan rings is 1. The van der Waals surface area contributed by atoms with Crippen molar-refractivity contribution in [2.24, 2.45) is 5.73 Å². The molecule has 0 radical (unpaired) electrons. The Morgan fingerprint density at radius 1 is 1.21 bits per heavy atom. The lowest BCUT2D eigenvalue weighted by Crippen LogP contribution is -2.15. The van der Waals surface area contributed by atoms with Gasteiger partial charge >= 0.3 is 6.18 Å². The summed E-state index contributed by atoms with van der Waals surface area (Å²) in [5.41, 5.74) is 4.03. The number of primary amides is 1. The third-order valence-electron chi connectivity index (χ3n) is 4.40. The molecule has 0 spiro atoms. The molecule has 33 heavy (non-hydrogen) atoms. The van der Waals surface area contributed by atoms with Crippen LogP contribution in [0.5, 0.6) is 0 Å². The van der Waals surface area contributed by atoms with Crippen molar-refractivity contribution >= 4 is 29.3 Å². The van der Waals surface area contributed by atoms with Gasteiger partial charge in [0.2, 0.25) is 5.91 Å². The number of rotatable bonds is 8. The fourth-order valence-electron chi connectivity index (χ4n) is 2.94. The van der Waals surface area contributed by atoms with Gasteiger partial charge in [-0.15, -0.1) is 15.3 Å². The molecule has 0 aliphatic carbocycles. The molecule has 3 heterocycles. The average molecular weight is 499 g/mol. The predicted molar refractivity (Wildman–Crippen MR) is 110 cm³/mol. The molecule has 10 nitrogen and oxygen atoms in total. The molecule has 1 amide bonds. The minimum Gasteiger partial charge on any atom is -0.461 e. The Kier molecular flexibility index (Phi) is 6.37. The molecule has 1 aromatic carbocycles. The SMILES string of the molecule is NC(=O)CCn1c(SCc2nnnn2-c2ccc(Cl)cc2C(F)(F)F)nnc1-c1ccco1. The van der Waals surface area contributed by atoms with Crippen LogP contribution in [0.1, 0.15) is 17.8 Å². The highest BCUT2D eigenvalue weighted by Gasteiger charge is 2.35. The Morgan fingerprint density at radius 3 is 2.73 bits per heavy atom. The molecule has 172 valence electrons. The van der Waals surface area contributed by atoms with Crippen LogP contribution < -0.4 is 5.73 Å². The predicted octanol–water partition coefficient (Wildman–Crippen LogP) is 3.35. The number of hydrogen-bond acceptors (Lipinski definition) is 8. The van der Waals surface area contributed by atoms with Crippen LogP contribution >= 0.6 is 23.4 Å². The van der Waals surface area contributed by atoms with Crippen LogP contribution in [0.2, 0.25) is 5.02 Å². The van der Waals surface area contributed by atoms with Gasteiger partial charge in [0.05, 0.1) is 23.3 Å². The van der Waals surface area contributed by atoms with Crippen LogP contribution in [0.15, 0.2) is 46.2 Å². The molecule has 0 saturated carbocycles. The summed E-state index contributed by atoms with van der Waals surface area (Å²) >= 11 is 6.88. The molecule has 0 atom stereocenters. The highest BCUT2D eigenvalue weighted by atomic mass is 35.5. The smallest absolute Gasteiger partial charge is 0.418 e. The molecule has 0 fully saturated rings. The van der Waals surface area contributed by atoms with E-state index in [-0.39, 0.29) is 35.3 Å². The van der Waals surface area contributed by atoms with E-state index in [0.717, 1.165) is 22.5 Å². The summed E-state index contributed by atoms with van der Waals surface area (Å²) in [5.74, 6) is 0.480. The topological polar surface area (TPSA) is 131 Å². The third kappa shape index (κ3) is 5.01. The molecule has 4 aromatic rings. The Balaban J connectivity index is 1.63. The molecule has 15 heteroatoms. The van der Waals surface area contributed by atoms with Crippen molar-refractivity contribution in [3.05, 3.63) is 53.0 Å². The minimum atomic E-state index is -4.66. The molecular weight excluding hydrogens is 485 g/mol. The largest absolute Gasteiger partial charge is 0.461 e. The summed E-state index contributed by atoms with van der Waals surface area (Å²) in [6.07, 6.45) is -3.17. The zero-order chi connectivity index (χ0) is 23.6. The van der Waals surface area contributed by atoms with Gasteiger partial charge in [0, 0.05) is 18.0 Å². The summed E-state index contributed by atoms with van der Waals surface area (Å²) in [6.45, 7) is 0.182. The fraction of sp³-hybridized carbons (Fsp3) is 0.222. The van der Waals surface area contributed by atoms with E-state index in [0.29, 0.717) is 16.7 Å². The van der Waals surface area contributed by atoms with Crippen molar-refractivity contribution in [2.75, 3.05) is 0 Å². The number of alkyl halides is 3. The van der Waals surface area contributed by atoms with Crippen LogP contribution in [0.25, 0.3) is 17.3 Å². The lowest BCUT2D eigenvalue weighted by molar-refractivity contribution is -0.137. The van der Waals surface area contributed by atoms with Crippen molar-refractivity contribution in [1.29, 1.82) is 0 Å². The molecule has 0 unspecified atom stereocenters. The maximum atomic E-state index is 13.5. The van der Waals surface area contributed by atoms with E-state index in [1.54, 1.807) is 16.7 Å². The molecule has 0 aliphatic rings. The summed E-state index contributed by atoms with van der Waals surface area (Å²) in [4.78, 5) is 11.3.